The minimum Gasteiger partial charge on any atom is -0.496 e. The van der Waals surface area contributed by atoms with Gasteiger partial charge in [0.25, 0.3) is 0 Å². The predicted octanol–water partition coefficient (Wildman–Crippen LogP) is 6.01. The third kappa shape index (κ3) is 5.45. The molecule has 2 aromatic carbocycles. The lowest BCUT2D eigenvalue weighted by molar-refractivity contribution is -0.219. The number of carbonyl (C=O) groups is 3. The highest BCUT2D eigenvalue weighted by molar-refractivity contribution is 14.1. The Kier molecular flexibility index (Phi) is 10.0. The van der Waals surface area contributed by atoms with Crippen LogP contribution in [0, 0.1) is 15.4 Å². The van der Waals surface area contributed by atoms with E-state index < -0.39 is 40.5 Å². The number of esters is 3. The number of hydrogen-bond donors (Lipinski definition) is 1. The van der Waals surface area contributed by atoms with Crippen LogP contribution in [0.25, 0.3) is 10.9 Å². The van der Waals surface area contributed by atoms with Gasteiger partial charge in [0, 0.05) is 102 Å². The van der Waals surface area contributed by atoms with E-state index in [0.717, 1.165) is 80.7 Å². The molecule has 9 atom stereocenters. The van der Waals surface area contributed by atoms with Crippen LogP contribution in [-0.4, -0.2) is 118 Å². The molecule has 12 nitrogen and oxygen atoms in total. The van der Waals surface area contributed by atoms with Crippen molar-refractivity contribution in [3.63, 3.8) is 0 Å². The molecule has 5 aliphatic heterocycles. The summed E-state index contributed by atoms with van der Waals surface area (Å²) >= 11 is 2.37. The first-order valence-corrected chi connectivity index (χ1v) is 22.0. The zero-order valence-corrected chi connectivity index (χ0v) is 37.4. The number of anilines is 1. The van der Waals surface area contributed by atoms with Crippen LogP contribution in [0.2, 0.25) is 0 Å². The fourth-order valence-electron chi connectivity index (χ4n) is 12.9. The van der Waals surface area contributed by atoms with Crippen molar-refractivity contribution < 1.29 is 38.1 Å². The highest BCUT2D eigenvalue weighted by atomic mass is 127. The van der Waals surface area contributed by atoms with Gasteiger partial charge < -0.3 is 33.6 Å². The van der Waals surface area contributed by atoms with Crippen molar-refractivity contribution in [2.45, 2.75) is 87.6 Å². The average molecular weight is 919 g/mol. The van der Waals surface area contributed by atoms with Gasteiger partial charge in [0.1, 0.15) is 11.2 Å². The number of aromatic amines is 1. The van der Waals surface area contributed by atoms with E-state index in [1.165, 1.54) is 33.8 Å². The zero-order chi connectivity index (χ0) is 41.8. The number of carbonyl (C=O) groups excluding carboxylic acids is 3. The van der Waals surface area contributed by atoms with Gasteiger partial charge in [0.15, 0.2) is 6.10 Å². The topological polar surface area (TPSA) is 123 Å². The fraction of sp³-hybridized carbons (Fsp3) is 0.543. The first-order valence-electron chi connectivity index (χ1n) is 20.9. The lowest BCUT2D eigenvalue weighted by atomic mass is 9.52. The molecule has 2 unspecified atom stereocenters. The number of halogens is 1. The van der Waals surface area contributed by atoms with Crippen LogP contribution >= 0.6 is 22.6 Å². The second-order valence-electron chi connectivity index (χ2n) is 17.4. The predicted molar refractivity (Wildman–Crippen MR) is 232 cm³/mol. The van der Waals surface area contributed by atoms with Crippen molar-refractivity contribution >= 4 is 57.1 Å². The van der Waals surface area contributed by atoms with Crippen LogP contribution < -0.4 is 9.64 Å². The average Bonchev–Trinajstić information content (AvgIpc) is 3.88. The first kappa shape index (κ1) is 40.5. The van der Waals surface area contributed by atoms with Gasteiger partial charge in [0.05, 0.1) is 27.4 Å². The Morgan fingerprint density at radius 2 is 1.76 bits per heavy atom. The van der Waals surface area contributed by atoms with E-state index in [1.807, 2.05) is 13.1 Å². The van der Waals surface area contributed by atoms with Gasteiger partial charge in [-0.25, -0.2) is 4.79 Å². The summed E-state index contributed by atoms with van der Waals surface area (Å²) in [5, 5.41) is 1.09. The number of aromatic nitrogens is 1. The quantitative estimate of drug-likeness (QED) is 0.124. The van der Waals surface area contributed by atoms with Gasteiger partial charge in [-0.1, -0.05) is 37.1 Å². The highest BCUT2D eigenvalue weighted by Crippen LogP contribution is 2.66. The summed E-state index contributed by atoms with van der Waals surface area (Å²) in [5.74, 6) is -1.22. The SMILES string of the molecule is CCC1=C[C@H]2CN(C1)Cc1c([nH]c3ccc(I)cc13)[C@@](C(=O)OC)(c1cc3c(cc1OC)N(C)[C@H]1[C@@](OC)(C(=O)OC)[C@H](OC(C)=O)C4C(CC)=CCN5CC[C@]31[C@H]45)C2. The molecule has 0 amide bonds. The highest BCUT2D eigenvalue weighted by Gasteiger charge is 2.78. The summed E-state index contributed by atoms with van der Waals surface area (Å²) in [7, 11) is 8.02. The smallest absolute Gasteiger partial charge is 0.344 e. The maximum Gasteiger partial charge on any atom is 0.344 e. The van der Waals surface area contributed by atoms with Crippen LogP contribution in [0.5, 0.6) is 5.75 Å². The Bertz CT molecular complexity index is 2320. The van der Waals surface area contributed by atoms with E-state index in [0.29, 0.717) is 31.6 Å². The normalized spacial score (nSPS) is 33.1. The molecule has 1 aromatic heterocycles. The van der Waals surface area contributed by atoms with Crippen LogP contribution in [-0.2, 0) is 50.7 Å². The number of H-pyrrole nitrogens is 1. The van der Waals surface area contributed by atoms with Gasteiger partial charge in [-0.05, 0) is 96.1 Å². The standard InChI is InChI=1S/C46H55IN4O8/c1-9-26-17-27-21-45(42(53)56-6,38-31(24-50(22-26)23-27)30-18-29(47)11-12-34(30)48-38)33-19-32-35(20-36(33)55-5)49(4)41-44(32)14-16-51-15-13-28(10-2)37(39(44)51)40(59-25(3)52)46(41,58-8)43(54)57-7/h11-13,17-20,27,37,39-41,48H,9-10,14-16,21-24H2,1-8H3/t27-,37?,39+,40-,41-,44-,45+,46-/m1/s1. The van der Waals surface area contributed by atoms with E-state index >= 15 is 4.79 Å². The van der Waals surface area contributed by atoms with Crippen molar-refractivity contribution in [1.29, 1.82) is 0 Å². The summed E-state index contributed by atoms with van der Waals surface area (Å²) < 4.78 is 32.1. The van der Waals surface area contributed by atoms with Crippen molar-refractivity contribution in [3.8, 4) is 5.75 Å². The molecule has 2 fully saturated rings. The Hall–Kier alpha value is -3.92. The maximum absolute atomic E-state index is 15.3. The molecule has 2 bridgehead atoms. The number of fused-ring (bicyclic) bond motifs is 6. The van der Waals surface area contributed by atoms with E-state index in [2.05, 4.69) is 92.5 Å². The second kappa shape index (κ2) is 14.6. The van der Waals surface area contributed by atoms with Crippen LogP contribution in [0.3, 0.4) is 0 Å². The molecule has 0 radical (unpaired) electrons. The number of hydrogen-bond acceptors (Lipinski definition) is 11. The molecule has 6 aliphatic rings. The lowest BCUT2D eigenvalue weighted by Crippen LogP contribution is -2.79. The van der Waals surface area contributed by atoms with Crippen molar-refractivity contribution in [2.24, 2.45) is 11.8 Å². The van der Waals surface area contributed by atoms with Crippen LogP contribution in [0.4, 0.5) is 5.69 Å². The Morgan fingerprint density at radius 3 is 2.44 bits per heavy atom. The zero-order valence-electron chi connectivity index (χ0n) is 35.3. The van der Waals surface area contributed by atoms with Crippen molar-refractivity contribution in [1.82, 2.24) is 14.8 Å². The molecule has 1 spiro atoms. The monoisotopic (exact) mass is 918 g/mol. The summed E-state index contributed by atoms with van der Waals surface area (Å²) in [6.45, 7) is 9.55. The number of benzene rings is 2. The Balaban J connectivity index is 1.37. The molecule has 9 rings (SSSR count). The summed E-state index contributed by atoms with van der Waals surface area (Å²) in [6.07, 6.45) is 6.44. The summed E-state index contributed by atoms with van der Waals surface area (Å²) in [4.78, 5) is 54.0. The second-order valence-corrected chi connectivity index (χ2v) is 18.6. The molecule has 1 aliphatic carbocycles. The first-order chi connectivity index (χ1) is 28.4. The maximum atomic E-state index is 15.3. The fourth-order valence-corrected chi connectivity index (χ4v) is 13.4. The lowest BCUT2D eigenvalue weighted by Gasteiger charge is -2.60. The number of methoxy groups -OCH3 is 4. The van der Waals surface area contributed by atoms with E-state index in [-0.39, 0.29) is 23.8 Å². The summed E-state index contributed by atoms with van der Waals surface area (Å²) in [6, 6.07) is 9.85. The molecule has 1 saturated carbocycles. The minimum atomic E-state index is -1.71. The minimum absolute atomic E-state index is 0.0469. The number of ether oxygens (including phenoxy) is 5. The van der Waals surface area contributed by atoms with Gasteiger partial charge in [-0.3, -0.25) is 19.4 Å². The number of likely N-dealkylation sites (N-methyl/N-ethyl adjacent to an activating group) is 1. The van der Waals surface area contributed by atoms with Crippen molar-refractivity contribution in [3.05, 3.63) is 79.6 Å². The molecule has 59 heavy (non-hydrogen) atoms. The molecule has 3 aromatic rings. The van der Waals surface area contributed by atoms with E-state index in [4.69, 9.17) is 23.7 Å². The molecular formula is C46H55IN4O8. The molecular weight excluding hydrogens is 863 g/mol. The number of nitrogens with one attached hydrogen (secondary N) is 1. The van der Waals surface area contributed by atoms with Crippen molar-refractivity contribution in [2.75, 3.05) is 66.6 Å². The largest absolute Gasteiger partial charge is 0.496 e. The Morgan fingerprint density at radius 1 is 0.983 bits per heavy atom. The van der Waals surface area contributed by atoms with Gasteiger partial charge in [0.2, 0.25) is 5.60 Å². The molecule has 1 saturated heterocycles. The van der Waals surface area contributed by atoms with Crippen LogP contribution in [0.1, 0.15) is 68.8 Å². The van der Waals surface area contributed by atoms with Gasteiger partial charge >= 0.3 is 17.9 Å². The van der Waals surface area contributed by atoms with Crippen LogP contribution in [0.15, 0.2) is 53.6 Å². The van der Waals surface area contributed by atoms with E-state index in [1.54, 1.807) is 7.11 Å². The number of rotatable bonds is 8. The molecule has 13 heteroatoms. The van der Waals surface area contributed by atoms with E-state index in [9.17, 15) is 9.59 Å². The number of nitrogens with zero attached hydrogens (tertiary/aromatic N) is 3. The molecule has 6 heterocycles. The Labute approximate surface area is 359 Å². The van der Waals surface area contributed by atoms with Gasteiger partial charge in [-0.15, -0.1) is 0 Å². The van der Waals surface area contributed by atoms with Gasteiger partial charge in [-0.2, -0.15) is 0 Å². The third-order valence-corrected chi connectivity index (χ3v) is 15.6. The molecule has 314 valence electrons. The third-order valence-electron chi connectivity index (χ3n) is 14.9. The molecule has 1 N–H and O–H groups in total. The summed E-state index contributed by atoms with van der Waals surface area (Å²) in [5.41, 5.74) is 4.21.